The van der Waals surface area contributed by atoms with E-state index in [1.54, 1.807) is 6.20 Å². The molecule has 0 saturated heterocycles. The van der Waals surface area contributed by atoms with Gasteiger partial charge in [-0.3, -0.25) is 4.57 Å². The first-order valence-electron chi connectivity index (χ1n) is 6.46. The summed E-state index contributed by atoms with van der Waals surface area (Å²) < 4.78 is 27.7. The maximum atomic E-state index is 12.7. The third-order valence-electron chi connectivity index (χ3n) is 2.71. The third-order valence-corrected chi connectivity index (χ3v) is 2.71. The number of aromatic nitrogens is 5. The smallest absolute Gasteiger partial charge is 0.311 e. The SMILES string of the molecule is CC(C)CNCc1cn(Cc2nccn2C(F)F)nn1. The van der Waals surface area contributed by atoms with Crippen molar-refractivity contribution in [1.29, 1.82) is 0 Å². The summed E-state index contributed by atoms with van der Waals surface area (Å²) in [5.74, 6) is 0.815. The molecule has 0 radical (unpaired) electrons. The van der Waals surface area contributed by atoms with Gasteiger partial charge >= 0.3 is 6.55 Å². The van der Waals surface area contributed by atoms with Crippen molar-refractivity contribution in [1.82, 2.24) is 29.9 Å². The number of alkyl halides is 2. The van der Waals surface area contributed by atoms with Gasteiger partial charge in [0.1, 0.15) is 12.4 Å². The minimum atomic E-state index is -2.59. The highest BCUT2D eigenvalue weighted by atomic mass is 19.3. The number of hydrogen-bond acceptors (Lipinski definition) is 4. The molecule has 0 fully saturated rings. The first-order chi connectivity index (χ1) is 9.56. The second-order valence-corrected chi connectivity index (χ2v) is 4.96. The molecule has 0 aliphatic rings. The van der Waals surface area contributed by atoms with Crippen molar-refractivity contribution in [2.45, 2.75) is 33.5 Å². The molecule has 2 heterocycles. The molecule has 0 aliphatic heterocycles. The van der Waals surface area contributed by atoms with Gasteiger partial charge in [0.2, 0.25) is 0 Å². The van der Waals surface area contributed by atoms with Gasteiger partial charge < -0.3 is 5.32 Å². The van der Waals surface area contributed by atoms with E-state index in [0.29, 0.717) is 12.5 Å². The number of halogens is 2. The lowest BCUT2D eigenvalue weighted by atomic mass is 10.2. The van der Waals surface area contributed by atoms with Crippen LogP contribution in [0.5, 0.6) is 0 Å². The predicted octanol–water partition coefficient (Wildman–Crippen LogP) is 1.66. The molecule has 0 aromatic carbocycles. The molecule has 110 valence electrons. The van der Waals surface area contributed by atoms with Crippen molar-refractivity contribution in [2.24, 2.45) is 5.92 Å². The molecule has 1 N–H and O–H groups in total. The molecular formula is C12H18F2N6. The molecule has 0 saturated carbocycles. The van der Waals surface area contributed by atoms with Gasteiger partial charge in [0.05, 0.1) is 11.9 Å². The highest BCUT2D eigenvalue weighted by Gasteiger charge is 2.12. The highest BCUT2D eigenvalue weighted by molar-refractivity contribution is 4.97. The van der Waals surface area contributed by atoms with Crippen molar-refractivity contribution in [3.63, 3.8) is 0 Å². The van der Waals surface area contributed by atoms with E-state index in [1.165, 1.54) is 17.1 Å². The van der Waals surface area contributed by atoms with E-state index >= 15 is 0 Å². The Labute approximate surface area is 115 Å². The second kappa shape index (κ2) is 6.56. The largest absolute Gasteiger partial charge is 0.319 e. The van der Waals surface area contributed by atoms with Crippen LogP contribution in [0.15, 0.2) is 18.6 Å². The molecule has 2 aromatic rings. The lowest BCUT2D eigenvalue weighted by Gasteiger charge is -2.05. The normalized spacial score (nSPS) is 11.7. The van der Waals surface area contributed by atoms with Crippen LogP contribution >= 0.6 is 0 Å². The number of hydrogen-bond donors (Lipinski definition) is 1. The van der Waals surface area contributed by atoms with Crippen LogP contribution in [0.4, 0.5) is 8.78 Å². The summed E-state index contributed by atoms with van der Waals surface area (Å²) in [5.41, 5.74) is 0.779. The fourth-order valence-corrected chi connectivity index (χ4v) is 1.77. The van der Waals surface area contributed by atoms with Crippen molar-refractivity contribution in [3.8, 4) is 0 Å². The average molecular weight is 284 g/mol. The van der Waals surface area contributed by atoms with Crippen molar-refractivity contribution in [3.05, 3.63) is 30.1 Å². The number of nitrogens with one attached hydrogen (secondary N) is 1. The molecule has 0 bridgehead atoms. The third kappa shape index (κ3) is 3.83. The van der Waals surface area contributed by atoms with Gasteiger partial charge in [0, 0.05) is 18.9 Å². The van der Waals surface area contributed by atoms with Gasteiger partial charge in [0.15, 0.2) is 0 Å². The lowest BCUT2D eigenvalue weighted by molar-refractivity contribution is 0.0665. The monoisotopic (exact) mass is 284 g/mol. The van der Waals surface area contributed by atoms with Crippen LogP contribution in [0.1, 0.15) is 31.9 Å². The molecule has 2 rings (SSSR count). The summed E-state index contributed by atoms with van der Waals surface area (Å²) in [5, 5.41) is 11.2. The van der Waals surface area contributed by atoms with E-state index in [9.17, 15) is 8.78 Å². The molecule has 8 heteroatoms. The number of imidazole rings is 1. The van der Waals surface area contributed by atoms with Crippen LogP contribution in [0.2, 0.25) is 0 Å². The van der Waals surface area contributed by atoms with Crippen LogP contribution < -0.4 is 5.32 Å². The molecule has 6 nitrogen and oxygen atoms in total. The maximum Gasteiger partial charge on any atom is 0.319 e. The lowest BCUT2D eigenvalue weighted by Crippen LogP contribution is -2.19. The Morgan fingerprint density at radius 1 is 1.35 bits per heavy atom. The van der Waals surface area contributed by atoms with Crippen LogP contribution in [0.3, 0.4) is 0 Å². The van der Waals surface area contributed by atoms with Crippen molar-refractivity contribution in [2.75, 3.05) is 6.54 Å². The zero-order valence-electron chi connectivity index (χ0n) is 11.5. The first kappa shape index (κ1) is 14.6. The van der Waals surface area contributed by atoms with Gasteiger partial charge in [-0.1, -0.05) is 19.1 Å². The molecule has 2 aromatic heterocycles. The Morgan fingerprint density at radius 3 is 2.85 bits per heavy atom. The zero-order valence-corrected chi connectivity index (χ0v) is 11.5. The standard InChI is InChI=1S/C12H18F2N6/c1-9(2)5-15-6-10-7-19(18-17-10)8-11-16-3-4-20(11)12(13)14/h3-4,7,9,12,15H,5-6,8H2,1-2H3. The van der Waals surface area contributed by atoms with Crippen LogP contribution in [-0.4, -0.2) is 31.1 Å². The molecule has 20 heavy (non-hydrogen) atoms. The Kier molecular flexibility index (Phi) is 4.78. The molecule has 0 spiro atoms. The van der Waals surface area contributed by atoms with Gasteiger partial charge in [-0.15, -0.1) is 5.10 Å². The molecular weight excluding hydrogens is 266 g/mol. The molecule has 0 aliphatic carbocycles. The highest BCUT2D eigenvalue weighted by Crippen LogP contribution is 2.13. The summed E-state index contributed by atoms with van der Waals surface area (Å²) >= 11 is 0. The van der Waals surface area contributed by atoms with E-state index in [2.05, 4.69) is 34.5 Å². The number of rotatable bonds is 7. The van der Waals surface area contributed by atoms with Crippen LogP contribution in [0.25, 0.3) is 0 Å². The van der Waals surface area contributed by atoms with Crippen molar-refractivity contribution < 1.29 is 8.78 Å². The Balaban J connectivity index is 1.94. The van der Waals surface area contributed by atoms with E-state index in [0.717, 1.165) is 16.8 Å². The molecule has 0 atom stereocenters. The second-order valence-electron chi connectivity index (χ2n) is 4.96. The molecule has 0 unspecified atom stereocenters. The summed E-state index contributed by atoms with van der Waals surface area (Å²) in [6, 6.07) is 0. The first-order valence-corrected chi connectivity index (χ1v) is 6.46. The zero-order chi connectivity index (χ0) is 14.5. The fraction of sp³-hybridized carbons (Fsp3) is 0.583. The minimum Gasteiger partial charge on any atom is -0.311 e. The predicted molar refractivity (Wildman–Crippen MR) is 69.1 cm³/mol. The van der Waals surface area contributed by atoms with Crippen LogP contribution in [0, 0.1) is 5.92 Å². The van der Waals surface area contributed by atoms with Gasteiger partial charge in [-0.25, -0.2) is 9.67 Å². The Hall–Kier alpha value is -1.83. The Bertz CT molecular complexity index is 534. The maximum absolute atomic E-state index is 12.7. The van der Waals surface area contributed by atoms with E-state index in [1.807, 2.05) is 0 Å². The topological polar surface area (TPSA) is 60.6 Å². The summed E-state index contributed by atoms with van der Waals surface area (Å²) in [6.45, 7) is 3.32. The van der Waals surface area contributed by atoms with Crippen LogP contribution in [-0.2, 0) is 13.1 Å². The van der Waals surface area contributed by atoms with E-state index < -0.39 is 6.55 Å². The summed E-state index contributed by atoms with van der Waals surface area (Å²) in [4.78, 5) is 3.91. The van der Waals surface area contributed by atoms with E-state index in [-0.39, 0.29) is 12.4 Å². The minimum absolute atomic E-state index is 0.175. The number of nitrogens with zero attached hydrogens (tertiary/aromatic N) is 5. The van der Waals surface area contributed by atoms with Crippen molar-refractivity contribution >= 4 is 0 Å². The fourth-order valence-electron chi connectivity index (χ4n) is 1.77. The Morgan fingerprint density at radius 2 is 2.15 bits per heavy atom. The summed E-state index contributed by atoms with van der Waals surface area (Å²) in [6.07, 6.45) is 4.34. The summed E-state index contributed by atoms with van der Waals surface area (Å²) in [7, 11) is 0. The van der Waals surface area contributed by atoms with Gasteiger partial charge in [0.25, 0.3) is 0 Å². The van der Waals surface area contributed by atoms with Gasteiger partial charge in [-0.2, -0.15) is 8.78 Å². The quantitative estimate of drug-likeness (QED) is 0.840. The van der Waals surface area contributed by atoms with E-state index in [4.69, 9.17) is 0 Å². The average Bonchev–Trinajstić information content (AvgIpc) is 2.99. The van der Waals surface area contributed by atoms with Gasteiger partial charge in [-0.05, 0) is 12.5 Å². The molecule has 0 amide bonds.